The lowest BCUT2D eigenvalue weighted by molar-refractivity contribution is -0.126. The van der Waals surface area contributed by atoms with Crippen LogP contribution in [0, 0.1) is 5.82 Å². The fraction of sp³-hybridized carbons (Fsp3) is 0.217. The lowest BCUT2D eigenvalue weighted by Crippen LogP contribution is -2.41. The normalized spacial score (nSPS) is 10.6. The second-order valence-corrected chi connectivity index (χ2v) is 6.96. The first-order valence-corrected chi connectivity index (χ1v) is 10.1. The van der Waals surface area contributed by atoms with E-state index in [1.54, 1.807) is 37.3 Å². The van der Waals surface area contributed by atoms with Gasteiger partial charge in [0.1, 0.15) is 5.82 Å². The summed E-state index contributed by atoms with van der Waals surface area (Å²) < 4.78 is 14.5. The molecule has 3 aromatic rings. The van der Waals surface area contributed by atoms with Gasteiger partial charge in [0.15, 0.2) is 0 Å². The molecule has 0 aliphatic rings. The van der Waals surface area contributed by atoms with E-state index in [1.807, 2.05) is 0 Å². The third-order valence-electron chi connectivity index (χ3n) is 5.07. The zero-order valence-electron chi connectivity index (χ0n) is 17.7. The van der Waals surface area contributed by atoms with Gasteiger partial charge in [0, 0.05) is 43.8 Å². The summed E-state index contributed by atoms with van der Waals surface area (Å²) in [5, 5.41) is 5.04. The van der Waals surface area contributed by atoms with Crippen molar-refractivity contribution in [1.82, 2.24) is 20.5 Å². The second kappa shape index (κ2) is 9.86. The molecule has 0 saturated heterocycles. The smallest absolute Gasteiger partial charge is 0.295 e. The molecule has 0 atom stereocenters. The first kappa shape index (κ1) is 22.7. The van der Waals surface area contributed by atoms with Crippen molar-refractivity contribution in [3.05, 3.63) is 71.2 Å². The number of aromatic nitrogens is 1. The maximum atomic E-state index is 14.5. The Kier molecular flexibility index (Phi) is 6.99. The van der Waals surface area contributed by atoms with E-state index in [-0.39, 0.29) is 47.6 Å². The van der Waals surface area contributed by atoms with Crippen LogP contribution in [0.15, 0.2) is 48.7 Å². The molecule has 0 aliphatic heterocycles. The molecule has 1 heterocycles. The zero-order chi connectivity index (χ0) is 23.3. The van der Waals surface area contributed by atoms with E-state index in [0.717, 1.165) is 6.07 Å². The Morgan fingerprint density at radius 1 is 1.00 bits per heavy atom. The molecule has 3 amide bonds. The number of fused-ring (bicyclic) bond motifs is 1. The Balaban J connectivity index is 1.75. The number of H-pyrrole nitrogens is 1. The average molecular weight is 438 g/mol. The van der Waals surface area contributed by atoms with Gasteiger partial charge in [-0.3, -0.25) is 19.2 Å². The minimum atomic E-state index is -0.902. The summed E-state index contributed by atoms with van der Waals surface area (Å²) in [7, 11) is 1.44. The van der Waals surface area contributed by atoms with Crippen LogP contribution in [0.3, 0.4) is 0 Å². The Morgan fingerprint density at radius 2 is 1.72 bits per heavy atom. The van der Waals surface area contributed by atoms with E-state index in [4.69, 9.17) is 0 Å². The van der Waals surface area contributed by atoms with Crippen LogP contribution < -0.4 is 10.6 Å². The van der Waals surface area contributed by atoms with Gasteiger partial charge in [-0.15, -0.1) is 0 Å². The van der Waals surface area contributed by atoms with Crippen LogP contribution >= 0.6 is 0 Å². The minimum absolute atomic E-state index is 0.105. The van der Waals surface area contributed by atoms with E-state index in [1.165, 1.54) is 24.2 Å². The number of nitrogens with zero attached hydrogens (tertiary/aromatic N) is 1. The van der Waals surface area contributed by atoms with Crippen molar-refractivity contribution in [2.45, 2.75) is 6.92 Å². The summed E-state index contributed by atoms with van der Waals surface area (Å²) in [6, 6.07) is 11.0. The monoisotopic (exact) mass is 438 g/mol. The predicted molar refractivity (Wildman–Crippen MR) is 117 cm³/mol. The van der Waals surface area contributed by atoms with E-state index in [0.29, 0.717) is 5.56 Å². The lowest BCUT2D eigenvalue weighted by Gasteiger charge is -2.20. The predicted octanol–water partition coefficient (Wildman–Crippen LogP) is 2.13. The molecule has 0 aliphatic carbocycles. The van der Waals surface area contributed by atoms with Gasteiger partial charge in [-0.2, -0.15) is 0 Å². The number of hydrogen-bond donors (Lipinski definition) is 3. The third kappa shape index (κ3) is 4.51. The van der Waals surface area contributed by atoms with Gasteiger partial charge >= 0.3 is 0 Å². The molecule has 0 bridgehead atoms. The van der Waals surface area contributed by atoms with Gasteiger partial charge in [-0.25, -0.2) is 4.39 Å². The molecule has 8 nitrogen and oxygen atoms in total. The maximum Gasteiger partial charge on any atom is 0.295 e. The maximum absolute atomic E-state index is 14.5. The Hall–Kier alpha value is -4.01. The summed E-state index contributed by atoms with van der Waals surface area (Å²) in [5.74, 6) is -3.19. The van der Waals surface area contributed by atoms with Crippen molar-refractivity contribution >= 4 is 34.4 Å². The fourth-order valence-electron chi connectivity index (χ4n) is 3.37. The average Bonchev–Trinajstić information content (AvgIpc) is 3.27. The molecule has 2 aromatic carbocycles. The number of carbonyl (C=O) groups excluding carboxylic acids is 4. The molecule has 32 heavy (non-hydrogen) atoms. The molecule has 9 heteroatoms. The summed E-state index contributed by atoms with van der Waals surface area (Å²) in [6.45, 7) is 2.17. The van der Waals surface area contributed by atoms with E-state index in [2.05, 4.69) is 15.6 Å². The van der Waals surface area contributed by atoms with E-state index < -0.39 is 23.4 Å². The van der Waals surface area contributed by atoms with Gasteiger partial charge in [0.2, 0.25) is 0 Å². The molecule has 3 rings (SSSR count). The second-order valence-electron chi connectivity index (χ2n) is 6.96. The molecule has 166 valence electrons. The van der Waals surface area contributed by atoms with Crippen molar-refractivity contribution in [2.75, 3.05) is 26.7 Å². The largest absolute Gasteiger partial charge is 0.360 e. The number of nitrogens with one attached hydrogen (secondary N) is 3. The molecule has 0 saturated carbocycles. The van der Waals surface area contributed by atoms with E-state index in [9.17, 15) is 23.6 Å². The lowest BCUT2D eigenvalue weighted by atomic mass is 10.0. The first-order valence-electron chi connectivity index (χ1n) is 10.1. The number of carbonyl (C=O) groups is 4. The summed E-state index contributed by atoms with van der Waals surface area (Å²) in [5.41, 5.74) is 0.629. The number of halogens is 1. The molecule has 0 radical (unpaired) electrons. The van der Waals surface area contributed by atoms with Crippen LogP contribution in [-0.2, 0) is 4.79 Å². The number of benzene rings is 2. The van der Waals surface area contributed by atoms with Crippen LogP contribution in [0.4, 0.5) is 4.39 Å². The van der Waals surface area contributed by atoms with Gasteiger partial charge in [-0.1, -0.05) is 18.2 Å². The van der Waals surface area contributed by atoms with Gasteiger partial charge in [0.05, 0.1) is 16.6 Å². The SMILES string of the molecule is CCN(CCNC(=O)c1ccccc1)C(=O)C(=O)c1c[nH]c2c(C(=O)NC)ccc(F)c12. The number of amides is 3. The van der Waals surface area contributed by atoms with Crippen molar-refractivity contribution in [3.63, 3.8) is 0 Å². The van der Waals surface area contributed by atoms with Crippen molar-refractivity contribution in [2.24, 2.45) is 0 Å². The van der Waals surface area contributed by atoms with Crippen LogP contribution in [0.1, 0.15) is 38.0 Å². The molecular formula is C23H23FN4O4. The highest BCUT2D eigenvalue weighted by Gasteiger charge is 2.27. The topological polar surface area (TPSA) is 111 Å². The number of Topliss-reactive ketones (excluding diaryl/α,β-unsaturated/α-hetero) is 1. The number of aromatic amines is 1. The van der Waals surface area contributed by atoms with Crippen molar-refractivity contribution in [1.29, 1.82) is 0 Å². The quantitative estimate of drug-likeness (QED) is 0.370. The molecule has 0 spiro atoms. The highest BCUT2D eigenvalue weighted by atomic mass is 19.1. The van der Waals surface area contributed by atoms with Gasteiger partial charge in [0.25, 0.3) is 23.5 Å². The van der Waals surface area contributed by atoms with Crippen LogP contribution in [0.5, 0.6) is 0 Å². The number of rotatable bonds is 8. The standard InChI is InChI=1S/C23H23FN4O4/c1-3-28(12-11-26-21(30)14-7-5-4-6-8-14)23(32)20(29)16-13-27-19-15(22(31)25-2)9-10-17(24)18(16)19/h4-10,13,27H,3,11-12H2,1-2H3,(H,25,31)(H,26,30). The first-order chi connectivity index (χ1) is 15.4. The third-order valence-corrected chi connectivity index (χ3v) is 5.07. The van der Waals surface area contributed by atoms with Crippen LogP contribution in [0.2, 0.25) is 0 Å². The Morgan fingerprint density at radius 3 is 2.38 bits per heavy atom. The summed E-state index contributed by atoms with van der Waals surface area (Å²) in [4.78, 5) is 53.8. The minimum Gasteiger partial charge on any atom is -0.360 e. The van der Waals surface area contributed by atoms with Gasteiger partial charge < -0.3 is 20.5 Å². The summed E-state index contributed by atoms with van der Waals surface area (Å²) >= 11 is 0. The van der Waals surface area contributed by atoms with Crippen LogP contribution in [0.25, 0.3) is 10.9 Å². The number of ketones is 1. The van der Waals surface area contributed by atoms with Crippen LogP contribution in [-0.4, -0.2) is 60.1 Å². The van der Waals surface area contributed by atoms with E-state index >= 15 is 0 Å². The summed E-state index contributed by atoms with van der Waals surface area (Å²) in [6.07, 6.45) is 1.23. The highest BCUT2D eigenvalue weighted by molar-refractivity contribution is 6.45. The molecule has 1 aromatic heterocycles. The number of hydrogen-bond acceptors (Lipinski definition) is 4. The Bertz CT molecular complexity index is 1170. The highest BCUT2D eigenvalue weighted by Crippen LogP contribution is 2.26. The van der Waals surface area contributed by atoms with Gasteiger partial charge in [-0.05, 0) is 31.2 Å². The molecular weight excluding hydrogens is 415 g/mol. The fourth-order valence-corrected chi connectivity index (χ4v) is 3.37. The van der Waals surface area contributed by atoms with Crippen molar-refractivity contribution < 1.29 is 23.6 Å². The zero-order valence-corrected chi connectivity index (χ0v) is 17.7. The number of likely N-dealkylation sites (N-methyl/N-ethyl adjacent to an activating group) is 1. The van der Waals surface area contributed by atoms with Crippen molar-refractivity contribution in [3.8, 4) is 0 Å². The molecule has 0 fully saturated rings. The molecule has 0 unspecified atom stereocenters. The molecule has 3 N–H and O–H groups in total. The Labute approximate surface area is 183 Å².